The molecule has 0 amide bonds. The van der Waals surface area contributed by atoms with Crippen LogP contribution in [0.1, 0.15) is 39.5 Å². The Morgan fingerprint density at radius 2 is 2.00 bits per heavy atom. The molecule has 0 aliphatic rings. The van der Waals surface area contributed by atoms with E-state index in [1.54, 1.807) is 0 Å². The first-order valence-corrected chi connectivity index (χ1v) is 5.10. The van der Waals surface area contributed by atoms with Gasteiger partial charge in [-0.3, -0.25) is 0 Å². The van der Waals surface area contributed by atoms with Gasteiger partial charge in [-0.05, 0) is 19.9 Å². The highest BCUT2D eigenvalue weighted by Gasteiger charge is 2.03. The topological polar surface area (TPSA) is 21.3 Å². The van der Waals surface area contributed by atoms with Crippen molar-refractivity contribution in [3.8, 4) is 0 Å². The summed E-state index contributed by atoms with van der Waals surface area (Å²) >= 11 is 0. The Labute approximate surface area is 76.7 Å². The molecule has 1 atom stereocenters. The largest absolute Gasteiger partial charge is 0.380 e. The van der Waals surface area contributed by atoms with E-state index < -0.39 is 0 Å². The van der Waals surface area contributed by atoms with E-state index in [2.05, 4.69) is 19.2 Å². The zero-order valence-electron chi connectivity index (χ0n) is 8.73. The van der Waals surface area contributed by atoms with E-state index in [9.17, 15) is 0 Å². The minimum Gasteiger partial charge on any atom is -0.380 e. The van der Waals surface area contributed by atoms with E-state index in [0.29, 0.717) is 6.04 Å². The third-order valence-electron chi connectivity index (χ3n) is 1.98. The van der Waals surface area contributed by atoms with Crippen molar-refractivity contribution in [2.75, 3.05) is 20.3 Å². The van der Waals surface area contributed by atoms with Crippen molar-refractivity contribution in [2.24, 2.45) is 0 Å². The number of likely N-dealkylation sites (N-methyl/N-ethyl adjacent to an activating group) is 1. The third kappa shape index (κ3) is 6.62. The van der Waals surface area contributed by atoms with Crippen LogP contribution in [0.4, 0.5) is 0 Å². The van der Waals surface area contributed by atoms with Crippen LogP contribution in [0.3, 0.4) is 0 Å². The maximum Gasteiger partial charge on any atom is 0.0619 e. The molecule has 0 rings (SSSR count). The summed E-state index contributed by atoms with van der Waals surface area (Å²) in [6.45, 7) is 6.12. The predicted molar refractivity (Wildman–Crippen MR) is 53.5 cm³/mol. The van der Waals surface area contributed by atoms with Gasteiger partial charge < -0.3 is 10.1 Å². The number of nitrogens with one attached hydrogen (secondary N) is 1. The molecule has 12 heavy (non-hydrogen) atoms. The molecule has 0 aliphatic carbocycles. The van der Waals surface area contributed by atoms with E-state index in [1.165, 1.54) is 19.3 Å². The Kier molecular flexibility index (Phi) is 8.95. The smallest absolute Gasteiger partial charge is 0.0619 e. The molecule has 0 aromatic carbocycles. The summed E-state index contributed by atoms with van der Waals surface area (Å²) in [5.74, 6) is 0. The third-order valence-corrected chi connectivity index (χ3v) is 1.98. The Morgan fingerprint density at radius 1 is 1.25 bits per heavy atom. The maximum absolute atomic E-state index is 5.47. The van der Waals surface area contributed by atoms with Crippen molar-refractivity contribution in [1.82, 2.24) is 5.32 Å². The lowest BCUT2D eigenvalue weighted by Crippen LogP contribution is -2.30. The molecule has 0 bridgehead atoms. The van der Waals surface area contributed by atoms with Crippen molar-refractivity contribution in [1.29, 1.82) is 0 Å². The predicted octanol–water partition coefficient (Wildman–Crippen LogP) is 2.19. The Bertz CT molecular complexity index is 85.9. The number of unbranched alkanes of at least 4 members (excludes halogenated alkanes) is 1. The van der Waals surface area contributed by atoms with E-state index in [4.69, 9.17) is 4.74 Å². The van der Waals surface area contributed by atoms with Crippen LogP contribution in [0.2, 0.25) is 0 Å². The summed E-state index contributed by atoms with van der Waals surface area (Å²) in [6, 6.07) is 0.552. The number of ether oxygens (including phenoxy) is 1. The van der Waals surface area contributed by atoms with Crippen molar-refractivity contribution >= 4 is 0 Å². The van der Waals surface area contributed by atoms with Crippen molar-refractivity contribution < 1.29 is 4.74 Å². The van der Waals surface area contributed by atoms with Crippen LogP contribution in [0.5, 0.6) is 0 Å². The first-order valence-electron chi connectivity index (χ1n) is 5.10. The molecule has 0 heterocycles. The van der Waals surface area contributed by atoms with Crippen LogP contribution < -0.4 is 5.32 Å². The SMILES string of the molecule is CCCCC(COCCC)NC. The van der Waals surface area contributed by atoms with Gasteiger partial charge in [0.15, 0.2) is 0 Å². The molecule has 0 saturated heterocycles. The number of rotatable bonds is 8. The van der Waals surface area contributed by atoms with Gasteiger partial charge in [-0.1, -0.05) is 26.7 Å². The van der Waals surface area contributed by atoms with E-state index in [0.717, 1.165) is 19.6 Å². The van der Waals surface area contributed by atoms with Gasteiger partial charge in [-0.2, -0.15) is 0 Å². The zero-order chi connectivity index (χ0) is 9.23. The van der Waals surface area contributed by atoms with Gasteiger partial charge in [-0.15, -0.1) is 0 Å². The van der Waals surface area contributed by atoms with Gasteiger partial charge in [0.1, 0.15) is 0 Å². The van der Waals surface area contributed by atoms with E-state index >= 15 is 0 Å². The summed E-state index contributed by atoms with van der Waals surface area (Å²) in [4.78, 5) is 0. The van der Waals surface area contributed by atoms with Crippen LogP contribution in [-0.2, 0) is 4.74 Å². The molecule has 1 unspecified atom stereocenters. The fourth-order valence-corrected chi connectivity index (χ4v) is 1.13. The molecule has 0 spiro atoms. The summed E-state index contributed by atoms with van der Waals surface area (Å²) in [7, 11) is 2.01. The molecular weight excluding hydrogens is 150 g/mol. The second-order valence-corrected chi connectivity index (χ2v) is 3.20. The number of hydrogen-bond donors (Lipinski definition) is 1. The van der Waals surface area contributed by atoms with Crippen molar-refractivity contribution in [3.63, 3.8) is 0 Å². The van der Waals surface area contributed by atoms with E-state index in [1.807, 2.05) is 7.05 Å². The minimum atomic E-state index is 0.552. The van der Waals surface area contributed by atoms with Crippen molar-refractivity contribution in [3.05, 3.63) is 0 Å². The molecular formula is C10H23NO. The standard InChI is InChI=1S/C10H23NO/c1-4-6-7-10(11-3)9-12-8-5-2/h10-11H,4-9H2,1-3H3. The fraction of sp³-hybridized carbons (Fsp3) is 1.00. The van der Waals surface area contributed by atoms with Crippen LogP contribution in [-0.4, -0.2) is 26.3 Å². The highest BCUT2D eigenvalue weighted by atomic mass is 16.5. The van der Waals surface area contributed by atoms with Gasteiger partial charge in [0.25, 0.3) is 0 Å². The second kappa shape index (κ2) is 9.01. The minimum absolute atomic E-state index is 0.552. The lowest BCUT2D eigenvalue weighted by atomic mass is 10.1. The quantitative estimate of drug-likeness (QED) is 0.568. The molecule has 0 aromatic heterocycles. The van der Waals surface area contributed by atoms with Crippen molar-refractivity contribution in [2.45, 2.75) is 45.6 Å². The highest BCUT2D eigenvalue weighted by molar-refractivity contribution is 4.62. The first kappa shape index (κ1) is 11.9. The summed E-state index contributed by atoms with van der Waals surface area (Å²) in [6.07, 6.45) is 4.91. The molecule has 74 valence electrons. The van der Waals surface area contributed by atoms with Gasteiger partial charge in [0, 0.05) is 12.6 Å². The van der Waals surface area contributed by atoms with Gasteiger partial charge >= 0.3 is 0 Å². The molecule has 0 saturated carbocycles. The van der Waals surface area contributed by atoms with Gasteiger partial charge in [-0.25, -0.2) is 0 Å². The lowest BCUT2D eigenvalue weighted by Gasteiger charge is -2.15. The molecule has 2 heteroatoms. The average molecular weight is 173 g/mol. The van der Waals surface area contributed by atoms with Crippen LogP contribution in [0, 0.1) is 0 Å². The summed E-state index contributed by atoms with van der Waals surface area (Å²) < 4.78 is 5.47. The summed E-state index contributed by atoms with van der Waals surface area (Å²) in [5, 5.41) is 3.27. The molecule has 0 radical (unpaired) electrons. The molecule has 0 aromatic rings. The lowest BCUT2D eigenvalue weighted by molar-refractivity contribution is 0.111. The molecule has 1 N–H and O–H groups in total. The van der Waals surface area contributed by atoms with Gasteiger partial charge in [0.2, 0.25) is 0 Å². The number of hydrogen-bond acceptors (Lipinski definition) is 2. The van der Waals surface area contributed by atoms with Crippen LogP contribution in [0.15, 0.2) is 0 Å². The fourth-order valence-electron chi connectivity index (χ4n) is 1.13. The Balaban J connectivity index is 3.26. The monoisotopic (exact) mass is 173 g/mol. The second-order valence-electron chi connectivity index (χ2n) is 3.20. The maximum atomic E-state index is 5.47. The highest BCUT2D eigenvalue weighted by Crippen LogP contribution is 2.00. The molecule has 0 fully saturated rings. The van der Waals surface area contributed by atoms with Gasteiger partial charge in [0.05, 0.1) is 6.61 Å². The van der Waals surface area contributed by atoms with Crippen LogP contribution in [0.25, 0.3) is 0 Å². The molecule has 0 aliphatic heterocycles. The summed E-state index contributed by atoms with van der Waals surface area (Å²) in [5.41, 5.74) is 0. The normalized spacial score (nSPS) is 13.2. The Morgan fingerprint density at radius 3 is 2.50 bits per heavy atom. The van der Waals surface area contributed by atoms with E-state index in [-0.39, 0.29) is 0 Å². The molecule has 2 nitrogen and oxygen atoms in total. The van der Waals surface area contributed by atoms with Crippen LogP contribution >= 0.6 is 0 Å². The Hall–Kier alpha value is -0.0800. The zero-order valence-corrected chi connectivity index (χ0v) is 8.73. The first-order chi connectivity index (χ1) is 5.85. The average Bonchev–Trinajstić information content (AvgIpc) is 2.11.